The lowest BCUT2D eigenvalue weighted by Crippen LogP contribution is -2.43. The van der Waals surface area contributed by atoms with Gasteiger partial charge in [-0.1, -0.05) is 24.3 Å². The van der Waals surface area contributed by atoms with Gasteiger partial charge in [0, 0.05) is 16.0 Å². The molecule has 0 N–H and O–H groups in total. The summed E-state index contributed by atoms with van der Waals surface area (Å²) in [5.74, 6) is -1.15. The molecule has 0 radical (unpaired) electrons. The van der Waals surface area contributed by atoms with Crippen LogP contribution in [0.3, 0.4) is 0 Å². The molecule has 6 nitrogen and oxygen atoms in total. The number of amides is 1. The van der Waals surface area contributed by atoms with Gasteiger partial charge in [0.15, 0.2) is 16.4 Å². The highest BCUT2D eigenvalue weighted by atomic mass is 32.2. The molecule has 1 aliphatic heterocycles. The second kappa shape index (κ2) is 7.84. The van der Waals surface area contributed by atoms with E-state index >= 15 is 0 Å². The molecule has 0 spiro atoms. The number of hydrogen-bond acceptors (Lipinski definition) is 6. The van der Waals surface area contributed by atoms with Crippen LogP contribution in [-0.2, 0) is 30.6 Å². The summed E-state index contributed by atoms with van der Waals surface area (Å²) < 4.78 is 28.6. The SMILES string of the molecule is O=C(Cc1cccs1)OCC(=O)N(c1ccccc1)C1C=CS(=O)(=O)C1. The monoisotopic (exact) mass is 391 g/mol. The van der Waals surface area contributed by atoms with Crippen molar-refractivity contribution in [3.05, 3.63) is 64.2 Å². The Morgan fingerprint density at radius 1 is 1.15 bits per heavy atom. The van der Waals surface area contributed by atoms with Crippen LogP contribution < -0.4 is 4.90 Å². The van der Waals surface area contributed by atoms with Gasteiger partial charge in [-0.3, -0.25) is 9.59 Å². The van der Waals surface area contributed by atoms with E-state index < -0.39 is 34.4 Å². The van der Waals surface area contributed by atoms with Crippen molar-refractivity contribution in [3.63, 3.8) is 0 Å². The van der Waals surface area contributed by atoms with E-state index in [0.717, 1.165) is 10.3 Å². The fourth-order valence-corrected chi connectivity index (χ4v) is 4.61. The zero-order chi connectivity index (χ0) is 18.6. The standard InChI is InChI=1S/C18H17NO5S2/c20-17(12-24-18(21)11-16-7-4-9-25-16)19(14-5-2-1-3-6-14)15-8-10-26(22,23)13-15/h1-10,15H,11-13H2. The molecular weight excluding hydrogens is 374 g/mol. The molecule has 1 unspecified atom stereocenters. The maximum atomic E-state index is 12.7. The number of rotatable bonds is 6. The summed E-state index contributed by atoms with van der Waals surface area (Å²) in [6.45, 7) is -0.441. The van der Waals surface area contributed by atoms with Crippen LogP contribution in [0.2, 0.25) is 0 Å². The van der Waals surface area contributed by atoms with Crippen LogP contribution in [0.25, 0.3) is 0 Å². The van der Waals surface area contributed by atoms with E-state index in [1.807, 2.05) is 17.5 Å². The van der Waals surface area contributed by atoms with Gasteiger partial charge < -0.3 is 9.64 Å². The maximum Gasteiger partial charge on any atom is 0.311 e. The Bertz CT molecular complexity index is 904. The first-order chi connectivity index (χ1) is 12.4. The number of para-hydroxylation sites is 1. The summed E-state index contributed by atoms with van der Waals surface area (Å²) in [7, 11) is -3.33. The number of hydrogen-bond donors (Lipinski definition) is 0. The van der Waals surface area contributed by atoms with Gasteiger partial charge in [-0.05, 0) is 29.7 Å². The van der Waals surface area contributed by atoms with E-state index in [1.165, 1.54) is 22.3 Å². The molecule has 1 aromatic carbocycles. The fraction of sp³-hybridized carbons (Fsp3) is 0.222. The number of carbonyl (C=O) groups is 2. The van der Waals surface area contributed by atoms with Crippen molar-refractivity contribution < 1.29 is 22.7 Å². The minimum absolute atomic E-state index is 0.105. The first-order valence-electron chi connectivity index (χ1n) is 7.91. The van der Waals surface area contributed by atoms with Crippen molar-refractivity contribution in [3.8, 4) is 0 Å². The number of benzene rings is 1. The Balaban J connectivity index is 1.69. The summed E-state index contributed by atoms with van der Waals surface area (Å²) in [4.78, 5) is 26.8. The van der Waals surface area contributed by atoms with Gasteiger partial charge in [0.2, 0.25) is 0 Å². The van der Waals surface area contributed by atoms with Gasteiger partial charge in [0.05, 0.1) is 18.2 Å². The topological polar surface area (TPSA) is 80.8 Å². The molecule has 26 heavy (non-hydrogen) atoms. The van der Waals surface area contributed by atoms with Crippen LogP contribution >= 0.6 is 11.3 Å². The molecule has 0 saturated heterocycles. The molecule has 1 atom stereocenters. The minimum atomic E-state index is -3.33. The molecule has 1 aliphatic rings. The molecule has 0 bridgehead atoms. The molecule has 2 aromatic rings. The molecule has 0 aliphatic carbocycles. The van der Waals surface area contributed by atoms with Crippen LogP contribution in [0.15, 0.2) is 59.3 Å². The molecule has 8 heteroatoms. The van der Waals surface area contributed by atoms with E-state index in [2.05, 4.69) is 0 Å². The zero-order valence-corrected chi connectivity index (χ0v) is 15.4. The summed E-state index contributed by atoms with van der Waals surface area (Å²) in [6.07, 6.45) is 1.59. The normalized spacial score (nSPS) is 17.8. The van der Waals surface area contributed by atoms with Gasteiger partial charge >= 0.3 is 5.97 Å². The number of thiophene rings is 1. The highest BCUT2D eigenvalue weighted by Gasteiger charge is 2.31. The van der Waals surface area contributed by atoms with E-state index in [-0.39, 0.29) is 12.2 Å². The highest BCUT2D eigenvalue weighted by Crippen LogP contribution is 2.23. The van der Waals surface area contributed by atoms with Crippen molar-refractivity contribution in [1.82, 2.24) is 0 Å². The predicted molar refractivity (Wildman–Crippen MR) is 99.6 cm³/mol. The second-order valence-electron chi connectivity index (χ2n) is 5.74. The van der Waals surface area contributed by atoms with E-state index in [4.69, 9.17) is 4.74 Å². The zero-order valence-electron chi connectivity index (χ0n) is 13.8. The molecule has 1 amide bonds. The first kappa shape index (κ1) is 18.3. The van der Waals surface area contributed by atoms with Crippen LogP contribution in [0.5, 0.6) is 0 Å². The van der Waals surface area contributed by atoms with Crippen molar-refractivity contribution in [2.24, 2.45) is 0 Å². The van der Waals surface area contributed by atoms with Crippen molar-refractivity contribution in [2.75, 3.05) is 17.3 Å². The van der Waals surface area contributed by atoms with Crippen LogP contribution in [0.1, 0.15) is 4.88 Å². The van der Waals surface area contributed by atoms with Crippen LogP contribution in [0.4, 0.5) is 5.69 Å². The quantitative estimate of drug-likeness (QED) is 0.705. The predicted octanol–water partition coefficient (Wildman–Crippen LogP) is 2.18. The third-order valence-corrected chi connectivity index (χ3v) is 6.06. The summed E-state index contributed by atoms with van der Waals surface area (Å²) in [5, 5.41) is 2.97. The number of esters is 1. The molecular formula is C18H17NO5S2. The molecule has 1 aromatic heterocycles. The lowest BCUT2D eigenvalue weighted by Gasteiger charge is -2.27. The summed E-state index contributed by atoms with van der Waals surface area (Å²) >= 11 is 1.44. The third kappa shape index (κ3) is 4.59. The average molecular weight is 391 g/mol. The molecule has 3 rings (SSSR count). The molecule has 136 valence electrons. The van der Waals surface area contributed by atoms with Gasteiger partial charge in [-0.25, -0.2) is 8.42 Å². The summed E-state index contributed by atoms with van der Waals surface area (Å²) in [5.41, 5.74) is 0.554. The van der Waals surface area contributed by atoms with Crippen LogP contribution in [-0.4, -0.2) is 38.7 Å². The largest absolute Gasteiger partial charge is 0.455 e. The average Bonchev–Trinajstić information content (AvgIpc) is 3.24. The number of sulfone groups is 1. The first-order valence-corrected chi connectivity index (χ1v) is 10.5. The molecule has 2 heterocycles. The molecule has 0 saturated carbocycles. The van der Waals surface area contributed by atoms with E-state index in [9.17, 15) is 18.0 Å². The lowest BCUT2D eigenvalue weighted by molar-refractivity contribution is -0.147. The van der Waals surface area contributed by atoms with Crippen molar-refractivity contribution in [2.45, 2.75) is 12.5 Å². The fourth-order valence-electron chi connectivity index (χ4n) is 2.65. The van der Waals surface area contributed by atoms with E-state index in [0.29, 0.717) is 5.69 Å². The Morgan fingerprint density at radius 2 is 1.92 bits per heavy atom. The van der Waals surface area contributed by atoms with Crippen LogP contribution in [0, 0.1) is 0 Å². The van der Waals surface area contributed by atoms with E-state index in [1.54, 1.807) is 30.3 Å². The van der Waals surface area contributed by atoms with Crippen molar-refractivity contribution >= 4 is 38.7 Å². The lowest BCUT2D eigenvalue weighted by atomic mass is 10.2. The Hall–Kier alpha value is -2.45. The van der Waals surface area contributed by atoms with Gasteiger partial charge in [-0.2, -0.15) is 0 Å². The highest BCUT2D eigenvalue weighted by molar-refractivity contribution is 7.94. The second-order valence-corrected chi connectivity index (χ2v) is 8.70. The minimum Gasteiger partial charge on any atom is -0.455 e. The number of ether oxygens (including phenoxy) is 1. The molecule has 0 fully saturated rings. The third-order valence-electron chi connectivity index (χ3n) is 3.80. The number of nitrogens with zero attached hydrogens (tertiary/aromatic N) is 1. The van der Waals surface area contributed by atoms with Gasteiger partial charge in [0.25, 0.3) is 5.91 Å². The number of anilines is 1. The Kier molecular flexibility index (Phi) is 5.53. The van der Waals surface area contributed by atoms with Crippen molar-refractivity contribution in [1.29, 1.82) is 0 Å². The Morgan fingerprint density at radius 3 is 2.54 bits per heavy atom. The van der Waals surface area contributed by atoms with Gasteiger partial charge in [0.1, 0.15) is 0 Å². The number of carbonyl (C=O) groups excluding carboxylic acids is 2. The Labute approximate surface area is 155 Å². The maximum absolute atomic E-state index is 12.7. The summed E-state index contributed by atoms with van der Waals surface area (Å²) in [6, 6.07) is 11.8. The van der Waals surface area contributed by atoms with Gasteiger partial charge in [-0.15, -0.1) is 11.3 Å². The smallest absolute Gasteiger partial charge is 0.311 e.